The van der Waals surface area contributed by atoms with E-state index in [0.29, 0.717) is 25.4 Å². The lowest BCUT2D eigenvalue weighted by molar-refractivity contribution is -0.0626. The zero-order valence-corrected chi connectivity index (χ0v) is 18.3. The maximum absolute atomic E-state index is 13.2. The van der Waals surface area contributed by atoms with Crippen LogP contribution in [0, 0.1) is 17.8 Å². The van der Waals surface area contributed by atoms with Gasteiger partial charge in [-0.25, -0.2) is 8.78 Å². The molecule has 2 aliphatic rings. The zero-order chi connectivity index (χ0) is 20.1. The first-order chi connectivity index (χ1) is 12.4. The van der Waals surface area contributed by atoms with Gasteiger partial charge in [0.1, 0.15) is 0 Å². The fourth-order valence-electron chi connectivity index (χ4n) is 4.80. The smallest absolute Gasteiger partial charge is 0.248 e. The van der Waals surface area contributed by atoms with Crippen molar-refractivity contribution in [3.63, 3.8) is 0 Å². The molecule has 2 atom stereocenters. The molecule has 2 unspecified atom stereocenters. The predicted octanol–water partition coefficient (Wildman–Crippen LogP) is 7.01. The molecule has 0 radical (unpaired) electrons. The van der Waals surface area contributed by atoms with Crippen LogP contribution in [-0.4, -0.2) is 30.3 Å². The van der Waals surface area contributed by atoms with E-state index in [9.17, 15) is 8.78 Å². The monoisotopic (exact) mass is 388 g/mol. The van der Waals surface area contributed by atoms with E-state index in [2.05, 4.69) is 34.6 Å². The Bertz CT molecular complexity index is 432. The predicted molar refractivity (Wildman–Crippen MR) is 107 cm³/mol. The fourth-order valence-corrected chi connectivity index (χ4v) is 4.80. The van der Waals surface area contributed by atoms with Gasteiger partial charge in [-0.05, 0) is 90.9 Å². The summed E-state index contributed by atoms with van der Waals surface area (Å²) in [5, 5.41) is 0. The molecule has 0 amide bonds. The number of hydrogen-bond acceptors (Lipinski definition) is 2. The summed E-state index contributed by atoms with van der Waals surface area (Å²) in [5.41, 5.74) is -0.151. The van der Waals surface area contributed by atoms with Crippen LogP contribution in [0.15, 0.2) is 0 Å². The molecular formula is C23H42F2O2. The summed E-state index contributed by atoms with van der Waals surface area (Å²) in [6.45, 7) is 12.3. The fraction of sp³-hybridized carbons (Fsp3) is 1.00. The molecule has 0 bridgehead atoms. The Morgan fingerprint density at radius 1 is 0.778 bits per heavy atom. The van der Waals surface area contributed by atoms with Gasteiger partial charge in [0.2, 0.25) is 5.92 Å². The minimum atomic E-state index is -2.42. The van der Waals surface area contributed by atoms with Crippen LogP contribution in [-0.2, 0) is 9.47 Å². The molecule has 2 fully saturated rings. The lowest BCUT2D eigenvalue weighted by Gasteiger charge is -2.31. The Balaban J connectivity index is 1.60. The normalized spacial score (nSPS) is 27.2. The molecule has 2 aliphatic carbocycles. The quantitative estimate of drug-likeness (QED) is 0.423. The van der Waals surface area contributed by atoms with Crippen molar-refractivity contribution in [2.45, 2.75) is 116 Å². The molecule has 0 saturated heterocycles. The lowest BCUT2D eigenvalue weighted by Crippen LogP contribution is -2.29. The van der Waals surface area contributed by atoms with Gasteiger partial charge in [0.15, 0.2) is 0 Å². The van der Waals surface area contributed by atoms with Crippen molar-refractivity contribution < 1.29 is 18.3 Å². The van der Waals surface area contributed by atoms with Crippen LogP contribution in [0.1, 0.15) is 98.8 Å². The molecule has 0 aliphatic heterocycles. The highest BCUT2D eigenvalue weighted by Gasteiger charge is 2.35. The average molecular weight is 389 g/mol. The molecule has 0 aromatic heterocycles. The van der Waals surface area contributed by atoms with E-state index in [1.165, 1.54) is 25.7 Å². The highest BCUT2D eigenvalue weighted by atomic mass is 19.3. The highest BCUT2D eigenvalue weighted by molar-refractivity contribution is 4.82. The van der Waals surface area contributed by atoms with E-state index >= 15 is 0 Å². The second kappa shape index (κ2) is 9.52. The third-order valence-corrected chi connectivity index (χ3v) is 6.35. The molecule has 0 aromatic carbocycles. The van der Waals surface area contributed by atoms with E-state index in [-0.39, 0.29) is 24.0 Å². The Kier molecular flexibility index (Phi) is 8.13. The molecule has 0 spiro atoms. The molecule has 2 rings (SSSR count). The van der Waals surface area contributed by atoms with Gasteiger partial charge in [-0.3, -0.25) is 0 Å². The molecule has 160 valence electrons. The van der Waals surface area contributed by atoms with Crippen LogP contribution in [0.3, 0.4) is 0 Å². The van der Waals surface area contributed by atoms with Crippen molar-refractivity contribution in [2.24, 2.45) is 17.8 Å². The first-order valence-corrected chi connectivity index (χ1v) is 11.1. The number of ether oxygens (including phenoxy) is 2. The molecule has 2 nitrogen and oxygen atoms in total. The summed E-state index contributed by atoms with van der Waals surface area (Å²) >= 11 is 0. The standard InChI is InChI=1S/C23H42F2O2/c1-21(2,3)26-14-11-19-6-7-20(16-19)17-22(4,5)27-15-10-18-8-12-23(24,25)13-9-18/h18-20H,6-17H2,1-5H3. The minimum Gasteiger partial charge on any atom is -0.376 e. The Labute approximate surface area is 165 Å². The Morgan fingerprint density at radius 3 is 1.96 bits per heavy atom. The first-order valence-electron chi connectivity index (χ1n) is 11.1. The van der Waals surface area contributed by atoms with Gasteiger partial charge in [-0.15, -0.1) is 0 Å². The molecule has 27 heavy (non-hydrogen) atoms. The van der Waals surface area contributed by atoms with Gasteiger partial charge < -0.3 is 9.47 Å². The van der Waals surface area contributed by atoms with Crippen molar-refractivity contribution in [1.29, 1.82) is 0 Å². The van der Waals surface area contributed by atoms with Crippen LogP contribution in [0.5, 0.6) is 0 Å². The zero-order valence-electron chi connectivity index (χ0n) is 18.3. The van der Waals surface area contributed by atoms with E-state index in [4.69, 9.17) is 9.47 Å². The van der Waals surface area contributed by atoms with Crippen LogP contribution < -0.4 is 0 Å². The molecule has 4 heteroatoms. The van der Waals surface area contributed by atoms with Crippen LogP contribution in [0.4, 0.5) is 8.78 Å². The van der Waals surface area contributed by atoms with E-state index in [1.807, 2.05) is 0 Å². The maximum atomic E-state index is 13.2. The summed E-state index contributed by atoms with van der Waals surface area (Å²) in [6.07, 6.45) is 8.51. The third kappa shape index (κ3) is 9.21. The van der Waals surface area contributed by atoms with Crippen molar-refractivity contribution in [2.75, 3.05) is 13.2 Å². The molecule has 0 aromatic rings. The number of alkyl halides is 2. The first kappa shape index (κ1) is 23.1. The topological polar surface area (TPSA) is 18.5 Å². The molecule has 0 N–H and O–H groups in total. The average Bonchev–Trinajstić information content (AvgIpc) is 2.94. The minimum absolute atomic E-state index is 0.0396. The largest absolute Gasteiger partial charge is 0.376 e. The van der Waals surface area contributed by atoms with Crippen molar-refractivity contribution in [3.05, 3.63) is 0 Å². The van der Waals surface area contributed by atoms with E-state index in [0.717, 1.165) is 31.3 Å². The maximum Gasteiger partial charge on any atom is 0.248 e. The number of halogens is 2. The van der Waals surface area contributed by atoms with Crippen LogP contribution in [0.25, 0.3) is 0 Å². The third-order valence-electron chi connectivity index (χ3n) is 6.35. The SMILES string of the molecule is CC(C)(C)OCCC1CCC(CC(C)(C)OCCC2CCC(F)(F)CC2)C1. The van der Waals surface area contributed by atoms with Crippen LogP contribution >= 0.6 is 0 Å². The van der Waals surface area contributed by atoms with Crippen molar-refractivity contribution in [1.82, 2.24) is 0 Å². The summed E-state index contributed by atoms with van der Waals surface area (Å²) in [7, 11) is 0. The lowest BCUT2D eigenvalue weighted by atomic mass is 9.85. The number of rotatable bonds is 9. The van der Waals surface area contributed by atoms with Gasteiger partial charge in [-0.2, -0.15) is 0 Å². The van der Waals surface area contributed by atoms with E-state index in [1.54, 1.807) is 0 Å². The Morgan fingerprint density at radius 2 is 1.33 bits per heavy atom. The number of hydrogen-bond donors (Lipinski definition) is 0. The van der Waals surface area contributed by atoms with Crippen molar-refractivity contribution >= 4 is 0 Å². The van der Waals surface area contributed by atoms with Gasteiger partial charge in [0.25, 0.3) is 0 Å². The highest BCUT2D eigenvalue weighted by Crippen LogP contribution is 2.40. The van der Waals surface area contributed by atoms with Crippen molar-refractivity contribution in [3.8, 4) is 0 Å². The molecule has 2 saturated carbocycles. The van der Waals surface area contributed by atoms with Gasteiger partial charge in [0, 0.05) is 26.1 Å². The van der Waals surface area contributed by atoms with Gasteiger partial charge >= 0.3 is 0 Å². The van der Waals surface area contributed by atoms with Crippen LogP contribution in [0.2, 0.25) is 0 Å². The second-order valence-corrected chi connectivity index (χ2v) is 10.7. The Hall–Kier alpha value is -0.220. The summed E-state index contributed by atoms with van der Waals surface area (Å²) in [4.78, 5) is 0. The summed E-state index contributed by atoms with van der Waals surface area (Å²) < 4.78 is 38.6. The molecular weight excluding hydrogens is 346 g/mol. The summed E-state index contributed by atoms with van der Waals surface area (Å²) in [5.74, 6) is -0.475. The molecule has 0 heterocycles. The second-order valence-electron chi connectivity index (χ2n) is 10.7. The van der Waals surface area contributed by atoms with E-state index < -0.39 is 5.92 Å². The van der Waals surface area contributed by atoms with Gasteiger partial charge in [-0.1, -0.05) is 12.8 Å². The summed E-state index contributed by atoms with van der Waals surface area (Å²) in [6, 6.07) is 0. The van der Waals surface area contributed by atoms with Gasteiger partial charge in [0.05, 0.1) is 11.2 Å².